The summed E-state index contributed by atoms with van der Waals surface area (Å²) in [5, 5.41) is 3.30. The summed E-state index contributed by atoms with van der Waals surface area (Å²) in [7, 11) is 0. The highest BCUT2D eigenvalue weighted by molar-refractivity contribution is 7.16. The van der Waals surface area contributed by atoms with Crippen molar-refractivity contribution in [3.63, 3.8) is 0 Å². The van der Waals surface area contributed by atoms with E-state index in [1.807, 2.05) is 24.3 Å². The number of benzene rings is 1. The Bertz CT molecular complexity index is 524. The molecule has 0 unspecified atom stereocenters. The molecule has 2 rings (SSSR count). The molecule has 0 aliphatic heterocycles. The molecule has 0 bridgehead atoms. The summed E-state index contributed by atoms with van der Waals surface area (Å²) < 4.78 is 14.1. The van der Waals surface area contributed by atoms with Gasteiger partial charge in [-0.15, -0.1) is 11.3 Å². The first kappa shape index (κ1) is 13.5. The Morgan fingerprint density at radius 3 is 2.78 bits per heavy atom. The van der Waals surface area contributed by atoms with E-state index >= 15 is 0 Å². The standard InChI is InChI=1S/C14H15ClFNS/c1-10-2-3-11(8-13(10)16)9-17-7-6-12-4-5-14(15)18-12/h2-5,8,17H,6-7,9H2,1H3. The lowest BCUT2D eigenvalue weighted by atomic mass is 10.1. The molecule has 0 atom stereocenters. The van der Waals surface area contributed by atoms with Crippen LogP contribution in [0.4, 0.5) is 4.39 Å². The van der Waals surface area contributed by atoms with Gasteiger partial charge in [-0.25, -0.2) is 4.39 Å². The Morgan fingerprint density at radius 1 is 1.28 bits per heavy atom. The molecular formula is C14H15ClFNS. The van der Waals surface area contributed by atoms with E-state index in [1.165, 1.54) is 4.88 Å². The van der Waals surface area contributed by atoms with Crippen molar-refractivity contribution in [1.29, 1.82) is 0 Å². The fourth-order valence-electron chi connectivity index (χ4n) is 1.68. The number of aryl methyl sites for hydroxylation is 1. The van der Waals surface area contributed by atoms with Gasteiger partial charge in [0.15, 0.2) is 0 Å². The van der Waals surface area contributed by atoms with Crippen LogP contribution in [0, 0.1) is 12.7 Å². The zero-order valence-electron chi connectivity index (χ0n) is 10.2. The van der Waals surface area contributed by atoms with Gasteiger partial charge < -0.3 is 5.32 Å². The van der Waals surface area contributed by atoms with Crippen LogP contribution in [0.5, 0.6) is 0 Å². The first-order valence-corrected chi connectivity index (χ1v) is 7.04. The number of halogens is 2. The third-order valence-electron chi connectivity index (χ3n) is 2.74. The Kier molecular flexibility index (Phi) is 4.75. The molecule has 2 aromatic rings. The van der Waals surface area contributed by atoms with Gasteiger partial charge in [0, 0.05) is 18.0 Å². The van der Waals surface area contributed by atoms with Crippen LogP contribution in [-0.2, 0) is 13.0 Å². The van der Waals surface area contributed by atoms with Gasteiger partial charge in [0.1, 0.15) is 5.82 Å². The van der Waals surface area contributed by atoms with Crippen LogP contribution in [-0.4, -0.2) is 6.54 Å². The van der Waals surface area contributed by atoms with Crippen molar-refractivity contribution in [3.8, 4) is 0 Å². The molecule has 1 heterocycles. The van der Waals surface area contributed by atoms with Gasteiger partial charge in [-0.3, -0.25) is 0 Å². The molecule has 1 aromatic heterocycles. The summed E-state index contributed by atoms with van der Waals surface area (Å²) in [6.07, 6.45) is 0.950. The van der Waals surface area contributed by atoms with Crippen molar-refractivity contribution in [3.05, 3.63) is 56.5 Å². The van der Waals surface area contributed by atoms with E-state index in [0.29, 0.717) is 12.1 Å². The van der Waals surface area contributed by atoms with Crippen LogP contribution in [0.25, 0.3) is 0 Å². The van der Waals surface area contributed by atoms with Gasteiger partial charge in [0.05, 0.1) is 4.34 Å². The minimum atomic E-state index is -0.140. The maximum Gasteiger partial charge on any atom is 0.126 e. The first-order valence-electron chi connectivity index (χ1n) is 5.85. The monoisotopic (exact) mass is 283 g/mol. The van der Waals surface area contributed by atoms with Crippen LogP contribution in [0.2, 0.25) is 4.34 Å². The average molecular weight is 284 g/mol. The van der Waals surface area contributed by atoms with Crippen LogP contribution >= 0.6 is 22.9 Å². The Balaban J connectivity index is 1.76. The smallest absolute Gasteiger partial charge is 0.126 e. The van der Waals surface area contributed by atoms with Crippen molar-refractivity contribution in [1.82, 2.24) is 5.32 Å². The predicted molar refractivity (Wildman–Crippen MR) is 75.9 cm³/mol. The first-order chi connectivity index (χ1) is 8.65. The molecular weight excluding hydrogens is 269 g/mol. The maximum absolute atomic E-state index is 13.3. The van der Waals surface area contributed by atoms with Crippen molar-refractivity contribution < 1.29 is 4.39 Å². The van der Waals surface area contributed by atoms with Crippen molar-refractivity contribution in [2.24, 2.45) is 0 Å². The summed E-state index contributed by atoms with van der Waals surface area (Å²) in [6, 6.07) is 9.31. The van der Waals surface area contributed by atoms with Gasteiger partial charge in [0.2, 0.25) is 0 Å². The molecule has 0 fully saturated rings. The molecule has 4 heteroatoms. The topological polar surface area (TPSA) is 12.0 Å². The van der Waals surface area contributed by atoms with Crippen LogP contribution in [0.15, 0.2) is 30.3 Å². The van der Waals surface area contributed by atoms with E-state index in [-0.39, 0.29) is 5.82 Å². The molecule has 18 heavy (non-hydrogen) atoms. The Hall–Kier alpha value is -0.900. The van der Waals surface area contributed by atoms with Crippen molar-refractivity contribution in [2.45, 2.75) is 19.9 Å². The number of thiophene rings is 1. The second kappa shape index (κ2) is 6.32. The normalized spacial score (nSPS) is 10.8. The van der Waals surface area contributed by atoms with Gasteiger partial charge in [-0.1, -0.05) is 23.7 Å². The molecule has 0 aliphatic carbocycles. The van der Waals surface area contributed by atoms with Gasteiger partial charge in [-0.2, -0.15) is 0 Å². The number of hydrogen-bond acceptors (Lipinski definition) is 2. The Labute approximate surface area is 116 Å². The van der Waals surface area contributed by atoms with Crippen molar-refractivity contribution >= 4 is 22.9 Å². The molecule has 0 aliphatic rings. The lowest BCUT2D eigenvalue weighted by Crippen LogP contribution is -2.16. The third-order valence-corrected chi connectivity index (χ3v) is 4.03. The zero-order chi connectivity index (χ0) is 13.0. The van der Waals surface area contributed by atoms with Crippen LogP contribution in [0.3, 0.4) is 0 Å². The summed E-state index contributed by atoms with van der Waals surface area (Å²) >= 11 is 7.46. The largest absolute Gasteiger partial charge is 0.312 e. The SMILES string of the molecule is Cc1ccc(CNCCc2ccc(Cl)s2)cc1F. The Morgan fingerprint density at radius 2 is 2.11 bits per heavy atom. The predicted octanol–water partition coefficient (Wildman–Crippen LogP) is 4.18. The van der Waals surface area contributed by atoms with E-state index < -0.39 is 0 Å². The lowest BCUT2D eigenvalue weighted by molar-refractivity contribution is 0.611. The van der Waals surface area contributed by atoms with E-state index in [2.05, 4.69) is 5.32 Å². The van der Waals surface area contributed by atoms with Crippen LogP contribution in [0.1, 0.15) is 16.0 Å². The minimum absolute atomic E-state index is 0.140. The lowest BCUT2D eigenvalue weighted by Gasteiger charge is -2.05. The highest BCUT2D eigenvalue weighted by atomic mass is 35.5. The van der Waals surface area contributed by atoms with Gasteiger partial charge >= 0.3 is 0 Å². The number of rotatable bonds is 5. The van der Waals surface area contributed by atoms with E-state index in [1.54, 1.807) is 24.3 Å². The zero-order valence-corrected chi connectivity index (χ0v) is 11.7. The molecule has 0 spiro atoms. The number of hydrogen-bond donors (Lipinski definition) is 1. The minimum Gasteiger partial charge on any atom is -0.312 e. The fraction of sp³-hybridized carbons (Fsp3) is 0.286. The highest BCUT2D eigenvalue weighted by Gasteiger charge is 2.00. The second-order valence-electron chi connectivity index (χ2n) is 4.22. The molecule has 0 saturated carbocycles. The average Bonchev–Trinajstić information content (AvgIpc) is 2.75. The fourth-order valence-corrected chi connectivity index (χ4v) is 2.76. The summed E-state index contributed by atoms with van der Waals surface area (Å²) in [6.45, 7) is 3.33. The molecule has 1 aromatic carbocycles. The van der Waals surface area contributed by atoms with Gasteiger partial charge in [-0.05, 0) is 42.7 Å². The summed E-state index contributed by atoms with van der Waals surface area (Å²) in [5.41, 5.74) is 1.66. The van der Waals surface area contributed by atoms with Crippen molar-refractivity contribution in [2.75, 3.05) is 6.54 Å². The molecule has 0 radical (unpaired) electrons. The quantitative estimate of drug-likeness (QED) is 0.812. The van der Waals surface area contributed by atoms with Crippen LogP contribution < -0.4 is 5.32 Å². The van der Waals surface area contributed by atoms with E-state index in [9.17, 15) is 4.39 Å². The summed E-state index contributed by atoms with van der Waals surface area (Å²) in [5.74, 6) is -0.140. The number of nitrogens with one attached hydrogen (secondary N) is 1. The molecule has 0 amide bonds. The summed E-state index contributed by atoms with van der Waals surface area (Å²) in [4.78, 5) is 1.27. The molecule has 1 nitrogen and oxygen atoms in total. The second-order valence-corrected chi connectivity index (χ2v) is 6.02. The molecule has 1 N–H and O–H groups in total. The molecule has 0 saturated heterocycles. The van der Waals surface area contributed by atoms with E-state index in [0.717, 1.165) is 22.9 Å². The maximum atomic E-state index is 13.3. The molecule has 96 valence electrons. The third kappa shape index (κ3) is 3.80. The van der Waals surface area contributed by atoms with Gasteiger partial charge in [0.25, 0.3) is 0 Å². The van der Waals surface area contributed by atoms with E-state index in [4.69, 9.17) is 11.6 Å². The highest BCUT2D eigenvalue weighted by Crippen LogP contribution is 2.21.